The van der Waals surface area contributed by atoms with Crippen LogP contribution in [0.3, 0.4) is 0 Å². The number of nitrogen functional groups attached to an aromatic ring is 1. The summed E-state index contributed by atoms with van der Waals surface area (Å²) < 4.78 is 24.7. The molecule has 0 saturated carbocycles. The van der Waals surface area contributed by atoms with Gasteiger partial charge in [0.25, 0.3) is 5.91 Å². The smallest absolute Gasteiger partial charge is 0.412 e. The topological polar surface area (TPSA) is 116 Å². The van der Waals surface area contributed by atoms with Crippen LogP contribution in [0.5, 0.6) is 11.5 Å². The molecule has 2 aromatic rings. The number of carbonyl (C=O) groups excluding carboxylic acids is 2. The van der Waals surface area contributed by atoms with Gasteiger partial charge in [-0.1, -0.05) is 0 Å². The Morgan fingerprint density at radius 3 is 2.46 bits per heavy atom. The monoisotopic (exact) mass is 362 g/mol. The third kappa shape index (κ3) is 5.42. The number of hydrogen-bond acceptors (Lipinski definition) is 6. The number of halogens is 1. The maximum atomic E-state index is 14.2. The Bertz CT molecular complexity index is 821. The predicted molar refractivity (Wildman–Crippen MR) is 92.2 cm³/mol. The first-order valence-electron chi connectivity index (χ1n) is 7.62. The van der Waals surface area contributed by atoms with E-state index in [-0.39, 0.29) is 22.9 Å². The molecular weight excluding hydrogens is 343 g/mol. The van der Waals surface area contributed by atoms with E-state index >= 15 is 0 Å². The van der Waals surface area contributed by atoms with E-state index in [0.717, 1.165) is 6.07 Å². The van der Waals surface area contributed by atoms with Crippen molar-refractivity contribution in [2.24, 2.45) is 5.84 Å². The van der Waals surface area contributed by atoms with Crippen molar-refractivity contribution in [3.63, 3.8) is 0 Å². The highest BCUT2D eigenvalue weighted by Crippen LogP contribution is 2.26. The number of hydrazine groups is 1. The van der Waals surface area contributed by atoms with Gasteiger partial charge in [-0.05, 0) is 39.0 Å². The van der Waals surface area contributed by atoms with Crippen molar-refractivity contribution in [1.29, 1.82) is 0 Å². The Hall–Kier alpha value is -3.20. The first-order chi connectivity index (χ1) is 12.2. The molecule has 1 heterocycles. The third-order valence-electron chi connectivity index (χ3n) is 2.91. The van der Waals surface area contributed by atoms with Gasteiger partial charge in [-0.25, -0.2) is 15.0 Å². The van der Waals surface area contributed by atoms with Crippen molar-refractivity contribution in [3.8, 4) is 11.5 Å². The van der Waals surface area contributed by atoms with Crippen LogP contribution in [-0.4, -0.2) is 22.6 Å². The number of nitrogens with zero attached hydrogens (tertiary/aromatic N) is 1. The van der Waals surface area contributed by atoms with Gasteiger partial charge in [0.15, 0.2) is 5.82 Å². The number of benzene rings is 1. The first-order valence-corrected chi connectivity index (χ1v) is 7.62. The molecule has 0 aliphatic heterocycles. The number of amides is 2. The highest BCUT2D eigenvalue weighted by molar-refractivity contribution is 5.92. The first kappa shape index (κ1) is 19.1. The second-order valence-electron chi connectivity index (χ2n) is 6.22. The van der Waals surface area contributed by atoms with Crippen LogP contribution < -0.4 is 21.3 Å². The highest BCUT2D eigenvalue weighted by atomic mass is 19.1. The highest BCUT2D eigenvalue weighted by Gasteiger charge is 2.17. The van der Waals surface area contributed by atoms with E-state index in [0.29, 0.717) is 0 Å². The van der Waals surface area contributed by atoms with Crippen molar-refractivity contribution in [2.45, 2.75) is 26.4 Å². The second-order valence-corrected chi connectivity index (χ2v) is 6.22. The molecule has 0 aliphatic carbocycles. The van der Waals surface area contributed by atoms with Crippen LogP contribution in [0, 0.1) is 5.82 Å². The molecule has 26 heavy (non-hydrogen) atoms. The summed E-state index contributed by atoms with van der Waals surface area (Å²) in [5.74, 6) is 4.19. The normalized spacial score (nSPS) is 10.8. The number of nitrogens with two attached hydrogens (primary N) is 1. The van der Waals surface area contributed by atoms with Gasteiger partial charge in [-0.2, -0.15) is 0 Å². The number of aromatic nitrogens is 1. The van der Waals surface area contributed by atoms with Crippen LogP contribution in [-0.2, 0) is 4.74 Å². The number of pyridine rings is 1. The van der Waals surface area contributed by atoms with Gasteiger partial charge < -0.3 is 9.47 Å². The molecule has 9 heteroatoms. The zero-order valence-electron chi connectivity index (χ0n) is 14.5. The van der Waals surface area contributed by atoms with Crippen molar-refractivity contribution in [3.05, 3.63) is 48.0 Å². The predicted octanol–water partition coefficient (Wildman–Crippen LogP) is 2.96. The second kappa shape index (κ2) is 7.79. The minimum absolute atomic E-state index is 0.0497. The van der Waals surface area contributed by atoms with Gasteiger partial charge >= 0.3 is 6.09 Å². The molecule has 4 N–H and O–H groups in total. The average molecular weight is 362 g/mol. The van der Waals surface area contributed by atoms with Gasteiger partial charge in [-0.15, -0.1) is 0 Å². The lowest BCUT2D eigenvalue weighted by atomic mass is 10.2. The molecule has 0 radical (unpaired) electrons. The van der Waals surface area contributed by atoms with Crippen molar-refractivity contribution < 1.29 is 23.5 Å². The molecule has 0 bridgehead atoms. The number of carbonyl (C=O) groups is 2. The molecular formula is C17H19FN4O4. The molecule has 0 saturated heterocycles. The van der Waals surface area contributed by atoms with Gasteiger partial charge in [0.05, 0.1) is 5.69 Å². The lowest BCUT2D eigenvalue weighted by Crippen LogP contribution is -2.30. The Labute approximate surface area is 149 Å². The van der Waals surface area contributed by atoms with E-state index < -0.39 is 23.4 Å². The van der Waals surface area contributed by atoms with Crippen LogP contribution in [0.15, 0.2) is 36.5 Å². The van der Waals surface area contributed by atoms with E-state index in [1.54, 1.807) is 20.8 Å². The minimum atomic E-state index is -0.767. The van der Waals surface area contributed by atoms with E-state index in [1.165, 1.54) is 30.5 Å². The molecule has 0 spiro atoms. The summed E-state index contributed by atoms with van der Waals surface area (Å²) in [4.78, 5) is 27.0. The van der Waals surface area contributed by atoms with Gasteiger partial charge in [0, 0.05) is 18.3 Å². The number of anilines is 1. The molecule has 0 fully saturated rings. The molecule has 1 aromatic heterocycles. The molecule has 0 aliphatic rings. The Kier molecular flexibility index (Phi) is 5.73. The SMILES string of the molecule is CC(C)(C)OC(=O)Nc1ccc(Oc2ccnc(C(=O)NN)c2)cc1F. The van der Waals surface area contributed by atoms with Crippen LogP contribution in [0.4, 0.5) is 14.9 Å². The zero-order chi connectivity index (χ0) is 19.3. The maximum Gasteiger partial charge on any atom is 0.412 e. The van der Waals surface area contributed by atoms with Crippen molar-refractivity contribution in [2.75, 3.05) is 5.32 Å². The maximum absolute atomic E-state index is 14.2. The van der Waals surface area contributed by atoms with Crippen molar-refractivity contribution in [1.82, 2.24) is 10.4 Å². The quantitative estimate of drug-likeness (QED) is 0.437. The molecule has 2 rings (SSSR count). The summed E-state index contributed by atoms with van der Waals surface area (Å²) in [7, 11) is 0. The van der Waals surface area contributed by atoms with Crippen LogP contribution in [0.1, 0.15) is 31.3 Å². The summed E-state index contributed by atoms with van der Waals surface area (Å²) >= 11 is 0. The van der Waals surface area contributed by atoms with E-state index in [2.05, 4.69) is 10.3 Å². The van der Waals surface area contributed by atoms with E-state index in [4.69, 9.17) is 15.3 Å². The summed E-state index contributed by atoms with van der Waals surface area (Å²) in [5, 5.41) is 2.32. The average Bonchev–Trinajstić information content (AvgIpc) is 2.55. The Balaban J connectivity index is 2.10. The Morgan fingerprint density at radius 1 is 1.15 bits per heavy atom. The summed E-state index contributed by atoms with van der Waals surface area (Å²) in [6, 6.07) is 6.74. The lowest BCUT2D eigenvalue weighted by Gasteiger charge is -2.19. The summed E-state index contributed by atoms with van der Waals surface area (Å²) in [6.07, 6.45) is 0.589. The van der Waals surface area contributed by atoms with Crippen LogP contribution in [0.25, 0.3) is 0 Å². The molecule has 1 aromatic carbocycles. The molecule has 138 valence electrons. The number of hydrogen-bond donors (Lipinski definition) is 3. The summed E-state index contributed by atoms with van der Waals surface area (Å²) in [5.41, 5.74) is 1.26. The fourth-order valence-electron chi connectivity index (χ4n) is 1.88. The summed E-state index contributed by atoms with van der Waals surface area (Å²) in [6.45, 7) is 5.11. The van der Waals surface area contributed by atoms with Gasteiger partial charge in [-0.3, -0.25) is 20.5 Å². The number of ether oxygens (including phenoxy) is 2. The fraction of sp³-hybridized carbons (Fsp3) is 0.235. The lowest BCUT2D eigenvalue weighted by molar-refractivity contribution is 0.0635. The zero-order valence-corrected chi connectivity index (χ0v) is 14.5. The number of nitrogens with one attached hydrogen (secondary N) is 2. The molecule has 0 unspecified atom stereocenters. The van der Waals surface area contributed by atoms with Crippen molar-refractivity contribution >= 4 is 17.7 Å². The minimum Gasteiger partial charge on any atom is -0.457 e. The molecule has 8 nitrogen and oxygen atoms in total. The number of rotatable bonds is 4. The van der Waals surface area contributed by atoms with Gasteiger partial charge in [0.1, 0.15) is 22.8 Å². The molecule has 2 amide bonds. The van der Waals surface area contributed by atoms with Crippen LogP contribution in [0.2, 0.25) is 0 Å². The largest absolute Gasteiger partial charge is 0.457 e. The third-order valence-corrected chi connectivity index (χ3v) is 2.91. The standard InChI is InChI=1S/C17H19FN4O4/c1-17(2,3)26-16(24)21-13-5-4-10(8-12(13)18)25-11-6-7-20-14(9-11)15(23)22-19/h4-9H,19H2,1-3H3,(H,21,24)(H,22,23). The van der Waals surface area contributed by atoms with E-state index in [9.17, 15) is 14.0 Å². The van der Waals surface area contributed by atoms with Crippen LogP contribution >= 0.6 is 0 Å². The fourth-order valence-corrected chi connectivity index (χ4v) is 1.88. The Morgan fingerprint density at radius 2 is 1.85 bits per heavy atom. The molecule has 0 atom stereocenters. The van der Waals surface area contributed by atoms with Gasteiger partial charge in [0.2, 0.25) is 0 Å². The van der Waals surface area contributed by atoms with E-state index in [1.807, 2.05) is 5.43 Å².